The lowest BCUT2D eigenvalue weighted by molar-refractivity contribution is -0.131. The van der Waals surface area contributed by atoms with Crippen molar-refractivity contribution in [2.45, 2.75) is 50.4 Å². The maximum absolute atomic E-state index is 12.7. The third kappa shape index (κ3) is 4.70. The van der Waals surface area contributed by atoms with Gasteiger partial charge in [-0.1, -0.05) is 23.4 Å². The Bertz CT molecular complexity index is 807. The number of rotatable bonds is 6. The first-order chi connectivity index (χ1) is 13.4. The minimum Gasteiger partial charge on any atom is -0.339 e. The molecule has 2 atom stereocenters. The van der Waals surface area contributed by atoms with Crippen molar-refractivity contribution in [3.05, 3.63) is 35.1 Å². The Morgan fingerprint density at radius 3 is 2.64 bits per heavy atom. The Labute approximate surface area is 176 Å². The van der Waals surface area contributed by atoms with Crippen LogP contribution < -0.4 is 0 Å². The van der Waals surface area contributed by atoms with Gasteiger partial charge in [-0.3, -0.25) is 14.3 Å². The summed E-state index contributed by atoms with van der Waals surface area (Å²) >= 11 is 7.51. The fourth-order valence-electron chi connectivity index (χ4n) is 3.39. The van der Waals surface area contributed by atoms with Crippen LogP contribution >= 0.6 is 23.4 Å². The topological polar surface area (TPSA) is 54.3 Å². The summed E-state index contributed by atoms with van der Waals surface area (Å²) in [7, 11) is 4.03. The van der Waals surface area contributed by atoms with E-state index in [0.29, 0.717) is 16.8 Å². The predicted octanol–water partition coefficient (Wildman–Crippen LogP) is 4.04. The summed E-state index contributed by atoms with van der Waals surface area (Å²) in [6, 6.07) is 8.02. The summed E-state index contributed by atoms with van der Waals surface area (Å²) < 4.78 is 2.03. The molecule has 152 valence electrons. The molecule has 28 heavy (non-hydrogen) atoms. The van der Waals surface area contributed by atoms with Gasteiger partial charge in [-0.05, 0) is 71.5 Å². The molecule has 1 amide bonds. The molecule has 1 aromatic heterocycles. The van der Waals surface area contributed by atoms with Gasteiger partial charge in [0, 0.05) is 23.3 Å². The van der Waals surface area contributed by atoms with Crippen molar-refractivity contribution in [2.75, 3.05) is 26.4 Å². The van der Waals surface area contributed by atoms with E-state index in [0.717, 1.165) is 36.1 Å². The van der Waals surface area contributed by atoms with E-state index in [2.05, 4.69) is 28.9 Å². The van der Waals surface area contributed by atoms with Gasteiger partial charge in [0.15, 0.2) is 11.0 Å². The second-order valence-electron chi connectivity index (χ2n) is 7.51. The van der Waals surface area contributed by atoms with Gasteiger partial charge in [-0.15, -0.1) is 10.2 Å². The van der Waals surface area contributed by atoms with Crippen LogP contribution in [0.25, 0.3) is 5.69 Å². The van der Waals surface area contributed by atoms with Gasteiger partial charge in [0.05, 0.1) is 11.8 Å². The van der Waals surface area contributed by atoms with E-state index < -0.39 is 0 Å². The van der Waals surface area contributed by atoms with Crippen molar-refractivity contribution >= 4 is 29.3 Å². The number of likely N-dealkylation sites (tertiary alicyclic amines) is 1. The number of halogens is 1. The average molecular weight is 422 g/mol. The highest BCUT2D eigenvalue weighted by atomic mass is 35.5. The molecule has 1 aliphatic rings. The second kappa shape index (κ2) is 9.29. The number of benzene rings is 1. The van der Waals surface area contributed by atoms with Gasteiger partial charge in [0.1, 0.15) is 0 Å². The summed E-state index contributed by atoms with van der Waals surface area (Å²) in [4.78, 5) is 16.8. The smallest absolute Gasteiger partial charge is 0.233 e. The Morgan fingerprint density at radius 2 is 2.00 bits per heavy atom. The molecule has 8 heteroatoms. The molecule has 1 aliphatic heterocycles. The van der Waals surface area contributed by atoms with Crippen molar-refractivity contribution in [2.24, 2.45) is 0 Å². The summed E-state index contributed by atoms with van der Waals surface area (Å²) in [5.74, 6) is 1.38. The van der Waals surface area contributed by atoms with Crippen molar-refractivity contribution in [1.82, 2.24) is 24.6 Å². The fraction of sp³-hybridized carbons (Fsp3) is 0.550. The van der Waals surface area contributed by atoms with Crippen LogP contribution in [-0.4, -0.2) is 62.9 Å². The molecule has 2 heterocycles. The Morgan fingerprint density at radius 1 is 1.29 bits per heavy atom. The fourth-order valence-corrected chi connectivity index (χ4v) is 4.36. The first kappa shape index (κ1) is 21.1. The Kier molecular flexibility index (Phi) is 7.01. The molecule has 0 unspecified atom stereocenters. The molecule has 0 spiro atoms. The van der Waals surface area contributed by atoms with Gasteiger partial charge < -0.3 is 4.90 Å². The molecule has 3 rings (SSSR count). The van der Waals surface area contributed by atoms with Gasteiger partial charge in [0.2, 0.25) is 5.91 Å². The number of amides is 1. The van der Waals surface area contributed by atoms with Gasteiger partial charge in [0.25, 0.3) is 0 Å². The van der Waals surface area contributed by atoms with Crippen molar-refractivity contribution in [3.63, 3.8) is 0 Å². The first-order valence-electron chi connectivity index (χ1n) is 9.68. The molecule has 1 saturated heterocycles. The number of aromatic nitrogens is 3. The van der Waals surface area contributed by atoms with Crippen molar-refractivity contribution in [3.8, 4) is 5.69 Å². The molecule has 0 N–H and O–H groups in total. The molecule has 6 nitrogen and oxygen atoms in total. The van der Waals surface area contributed by atoms with Crippen LogP contribution in [0.4, 0.5) is 0 Å². The highest BCUT2D eigenvalue weighted by Crippen LogP contribution is 2.28. The average Bonchev–Trinajstić information content (AvgIpc) is 3.10. The first-order valence-corrected chi connectivity index (χ1v) is 11.0. The van der Waals surface area contributed by atoms with Crippen LogP contribution in [0, 0.1) is 0 Å². The van der Waals surface area contributed by atoms with Gasteiger partial charge >= 0.3 is 0 Å². The summed E-state index contributed by atoms with van der Waals surface area (Å²) in [6.45, 7) is 5.08. The quantitative estimate of drug-likeness (QED) is 0.659. The third-order valence-electron chi connectivity index (χ3n) is 5.34. The van der Waals surface area contributed by atoms with Gasteiger partial charge in [-0.25, -0.2) is 0 Å². The maximum Gasteiger partial charge on any atom is 0.233 e. The zero-order valence-electron chi connectivity index (χ0n) is 16.9. The van der Waals surface area contributed by atoms with E-state index in [9.17, 15) is 4.79 Å². The van der Waals surface area contributed by atoms with E-state index in [-0.39, 0.29) is 11.9 Å². The molecular formula is C20H28ClN5OS. The molecule has 0 aliphatic carbocycles. The van der Waals surface area contributed by atoms with E-state index in [1.165, 1.54) is 18.2 Å². The van der Waals surface area contributed by atoms with Gasteiger partial charge in [-0.2, -0.15) is 0 Å². The molecule has 1 fully saturated rings. The molecule has 1 aromatic carbocycles. The lowest BCUT2D eigenvalue weighted by Gasteiger charge is -2.33. The van der Waals surface area contributed by atoms with Crippen molar-refractivity contribution < 1.29 is 4.79 Å². The standard InChI is InChI=1S/C20H28ClN5OS/c1-14-7-5-6-12-25(14)18(27)13-28-20-23-22-19(15(2)24(3)4)26(20)17-10-8-16(21)9-11-17/h8-11,14-15H,5-7,12-13H2,1-4H3/t14-,15+/m0/s1. The SMILES string of the molecule is C[C@H](c1nnc(SCC(=O)N2CCCC[C@@H]2C)n1-c1ccc(Cl)cc1)N(C)C. The Hall–Kier alpha value is -1.57. The summed E-state index contributed by atoms with van der Waals surface area (Å²) in [5, 5.41) is 10.2. The number of hydrogen-bond acceptors (Lipinski definition) is 5. The molecule has 0 radical (unpaired) electrons. The number of carbonyl (C=O) groups is 1. The van der Waals surface area contributed by atoms with Crippen LogP contribution in [0.15, 0.2) is 29.4 Å². The molecule has 0 saturated carbocycles. The lowest BCUT2D eigenvalue weighted by Crippen LogP contribution is -2.43. The minimum atomic E-state index is 0.0790. The van der Waals surface area contributed by atoms with Crippen molar-refractivity contribution in [1.29, 1.82) is 0 Å². The van der Waals surface area contributed by atoms with E-state index in [1.54, 1.807) is 0 Å². The predicted molar refractivity (Wildman–Crippen MR) is 114 cm³/mol. The third-order valence-corrected chi connectivity index (χ3v) is 6.51. The Balaban J connectivity index is 1.84. The van der Waals surface area contributed by atoms with Crippen LogP contribution in [0.5, 0.6) is 0 Å². The number of piperidine rings is 1. The van der Waals surface area contributed by atoms with Crippen LogP contribution in [0.2, 0.25) is 5.02 Å². The number of thioether (sulfide) groups is 1. The van der Waals surface area contributed by atoms with Crippen LogP contribution in [0.3, 0.4) is 0 Å². The zero-order chi connectivity index (χ0) is 20.3. The molecular weight excluding hydrogens is 394 g/mol. The van der Waals surface area contributed by atoms with E-state index >= 15 is 0 Å². The largest absolute Gasteiger partial charge is 0.339 e. The highest BCUT2D eigenvalue weighted by Gasteiger charge is 2.25. The molecule has 0 bridgehead atoms. The minimum absolute atomic E-state index is 0.0790. The van der Waals surface area contributed by atoms with E-state index in [1.807, 2.05) is 47.8 Å². The number of nitrogens with zero attached hydrogens (tertiary/aromatic N) is 5. The normalized spacial score (nSPS) is 18.5. The summed E-state index contributed by atoms with van der Waals surface area (Å²) in [5.41, 5.74) is 0.944. The zero-order valence-corrected chi connectivity index (χ0v) is 18.5. The van der Waals surface area contributed by atoms with Crippen LogP contribution in [-0.2, 0) is 4.79 Å². The lowest BCUT2D eigenvalue weighted by atomic mass is 10.0. The maximum atomic E-state index is 12.7. The highest BCUT2D eigenvalue weighted by molar-refractivity contribution is 7.99. The second-order valence-corrected chi connectivity index (χ2v) is 8.89. The van der Waals surface area contributed by atoms with E-state index in [4.69, 9.17) is 11.6 Å². The summed E-state index contributed by atoms with van der Waals surface area (Å²) in [6.07, 6.45) is 3.38. The monoisotopic (exact) mass is 421 g/mol. The number of hydrogen-bond donors (Lipinski definition) is 0. The van der Waals surface area contributed by atoms with Crippen LogP contribution in [0.1, 0.15) is 45.0 Å². The molecule has 2 aromatic rings. The number of carbonyl (C=O) groups excluding carboxylic acids is 1.